The summed E-state index contributed by atoms with van der Waals surface area (Å²) >= 11 is 1.26. The van der Waals surface area contributed by atoms with Crippen LogP contribution in [-0.4, -0.2) is 41.9 Å². The number of hydrogen-bond acceptors (Lipinski definition) is 6. The fraction of sp³-hybridized carbons (Fsp3) is 0.400. The molecule has 0 saturated carbocycles. The molecule has 0 aliphatic heterocycles. The molecule has 130 valence electrons. The highest BCUT2D eigenvalue weighted by atomic mass is 32.2. The largest absolute Gasteiger partial charge is 0.301 e. The molecule has 1 aromatic carbocycles. The minimum Gasteiger partial charge on any atom is -0.301 e. The van der Waals surface area contributed by atoms with Crippen LogP contribution in [0.3, 0.4) is 0 Å². The first kappa shape index (κ1) is 18.5. The van der Waals surface area contributed by atoms with Gasteiger partial charge in [0.05, 0.1) is 4.90 Å². The summed E-state index contributed by atoms with van der Waals surface area (Å²) in [6.45, 7) is 4.50. The zero-order chi connectivity index (χ0) is 17.6. The van der Waals surface area contributed by atoms with Crippen molar-refractivity contribution in [3.8, 4) is 0 Å². The zero-order valence-electron chi connectivity index (χ0n) is 13.6. The lowest BCUT2D eigenvalue weighted by atomic mass is 10.1. The number of nitrogens with zero attached hydrogens (tertiary/aromatic N) is 3. The number of rotatable bonds is 8. The normalized spacial score (nSPS) is 11.6. The van der Waals surface area contributed by atoms with Crippen LogP contribution in [-0.2, 0) is 21.2 Å². The Morgan fingerprint density at radius 2 is 1.88 bits per heavy atom. The monoisotopic (exact) mass is 368 g/mol. The fourth-order valence-corrected chi connectivity index (χ4v) is 4.13. The predicted octanol–water partition coefficient (Wildman–Crippen LogP) is 2.14. The quantitative estimate of drug-likeness (QED) is 0.771. The molecule has 9 heteroatoms. The van der Waals surface area contributed by atoms with Gasteiger partial charge in [0, 0.05) is 19.5 Å². The Balaban J connectivity index is 1.96. The van der Waals surface area contributed by atoms with Gasteiger partial charge in [0.25, 0.3) is 0 Å². The number of nitrogens with one attached hydrogen (secondary N) is 1. The molecule has 2 aromatic rings. The molecule has 0 aliphatic rings. The van der Waals surface area contributed by atoms with Crippen molar-refractivity contribution in [3.63, 3.8) is 0 Å². The summed E-state index contributed by atoms with van der Waals surface area (Å²) in [4.78, 5) is 12.1. The van der Waals surface area contributed by atoms with Crippen molar-refractivity contribution >= 4 is 32.4 Å². The number of hydrogen-bond donors (Lipinski definition) is 1. The zero-order valence-corrected chi connectivity index (χ0v) is 15.2. The summed E-state index contributed by atoms with van der Waals surface area (Å²) in [5.74, 6) is -0.147. The minimum atomic E-state index is -3.44. The van der Waals surface area contributed by atoms with E-state index < -0.39 is 10.0 Å². The van der Waals surface area contributed by atoms with Gasteiger partial charge in [0.2, 0.25) is 21.1 Å². The Labute approximate surface area is 145 Å². The second-order valence-electron chi connectivity index (χ2n) is 5.03. The van der Waals surface area contributed by atoms with E-state index in [-0.39, 0.29) is 10.8 Å². The van der Waals surface area contributed by atoms with Gasteiger partial charge < -0.3 is 5.32 Å². The lowest BCUT2D eigenvalue weighted by Crippen LogP contribution is -2.30. The molecule has 1 N–H and O–H groups in total. The third kappa shape index (κ3) is 4.59. The molecule has 7 nitrogen and oxygen atoms in total. The lowest BCUT2D eigenvalue weighted by Gasteiger charge is -2.18. The smallest absolute Gasteiger partial charge is 0.243 e. The molecule has 1 heterocycles. The highest BCUT2D eigenvalue weighted by Crippen LogP contribution is 2.17. The molecule has 1 amide bonds. The molecule has 0 saturated heterocycles. The first-order valence-corrected chi connectivity index (χ1v) is 9.94. The Kier molecular flexibility index (Phi) is 6.41. The van der Waals surface area contributed by atoms with Crippen LogP contribution in [0.15, 0.2) is 34.7 Å². The van der Waals surface area contributed by atoms with Gasteiger partial charge >= 0.3 is 0 Å². The van der Waals surface area contributed by atoms with Gasteiger partial charge in [-0.1, -0.05) is 37.3 Å². The summed E-state index contributed by atoms with van der Waals surface area (Å²) in [6, 6.07) is 6.67. The number of amides is 1. The number of carbonyl (C=O) groups excluding carboxylic acids is 1. The summed E-state index contributed by atoms with van der Waals surface area (Å²) in [6.07, 6.45) is 0.817. The van der Waals surface area contributed by atoms with Gasteiger partial charge in [-0.05, 0) is 24.1 Å². The number of carbonyl (C=O) groups is 1. The molecule has 0 radical (unpaired) electrons. The van der Waals surface area contributed by atoms with Crippen LogP contribution in [0.4, 0.5) is 5.13 Å². The Hall–Kier alpha value is -1.84. The topological polar surface area (TPSA) is 92.3 Å². The first-order chi connectivity index (χ1) is 11.5. The van der Waals surface area contributed by atoms with E-state index in [2.05, 4.69) is 15.5 Å². The minimum absolute atomic E-state index is 0.147. The van der Waals surface area contributed by atoms with Crippen molar-refractivity contribution in [2.45, 2.75) is 31.6 Å². The molecule has 0 bridgehead atoms. The number of aromatic nitrogens is 2. The van der Waals surface area contributed by atoms with Gasteiger partial charge in [-0.3, -0.25) is 4.79 Å². The molecule has 0 fully saturated rings. The van der Waals surface area contributed by atoms with Crippen molar-refractivity contribution < 1.29 is 13.2 Å². The number of anilines is 1. The van der Waals surface area contributed by atoms with E-state index in [0.717, 1.165) is 5.56 Å². The van der Waals surface area contributed by atoms with Crippen molar-refractivity contribution in [1.82, 2.24) is 14.5 Å². The van der Waals surface area contributed by atoms with Crippen molar-refractivity contribution in [1.29, 1.82) is 0 Å². The van der Waals surface area contributed by atoms with E-state index in [9.17, 15) is 13.2 Å². The van der Waals surface area contributed by atoms with E-state index >= 15 is 0 Å². The van der Waals surface area contributed by atoms with Crippen LogP contribution in [0, 0.1) is 0 Å². The summed E-state index contributed by atoms with van der Waals surface area (Å²) < 4.78 is 26.2. The molecule has 1 aromatic heterocycles. The summed E-state index contributed by atoms with van der Waals surface area (Å²) in [5.41, 5.74) is 2.45. The predicted molar refractivity (Wildman–Crippen MR) is 93.4 cm³/mol. The molecular formula is C15H20N4O3S2. The van der Waals surface area contributed by atoms with Gasteiger partial charge in [-0.2, -0.15) is 4.31 Å². The average Bonchev–Trinajstić information content (AvgIpc) is 3.07. The number of aryl methyl sites for hydroxylation is 1. The highest BCUT2D eigenvalue weighted by molar-refractivity contribution is 7.89. The summed E-state index contributed by atoms with van der Waals surface area (Å²) in [7, 11) is -3.44. The van der Waals surface area contributed by atoms with E-state index in [1.54, 1.807) is 29.8 Å². The molecular weight excluding hydrogens is 348 g/mol. The number of benzene rings is 1. The molecule has 24 heavy (non-hydrogen) atoms. The van der Waals surface area contributed by atoms with Crippen molar-refractivity contribution in [2.24, 2.45) is 0 Å². The van der Waals surface area contributed by atoms with E-state index in [0.29, 0.717) is 31.1 Å². The van der Waals surface area contributed by atoms with Crippen LogP contribution < -0.4 is 5.32 Å². The van der Waals surface area contributed by atoms with Crippen LogP contribution in [0.25, 0.3) is 0 Å². The second kappa shape index (κ2) is 8.32. The average molecular weight is 368 g/mol. The highest BCUT2D eigenvalue weighted by Gasteiger charge is 2.21. The Morgan fingerprint density at radius 1 is 1.21 bits per heavy atom. The van der Waals surface area contributed by atoms with Crippen LogP contribution in [0.1, 0.15) is 25.8 Å². The standard InChI is InChI=1S/C15H20N4O3S2/c1-3-19(4-2)24(21,22)13-8-5-12(6-9-13)7-10-14(20)17-15-18-16-11-23-15/h5-6,8-9,11H,3-4,7,10H2,1-2H3,(H,17,18,20). The van der Waals surface area contributed by atoms with Crippen molar-refractivity contribution in [3.05, 3.63) is 35.3 Å². The van der Waals surface area contributed by atoms with E-state index in [1.165, 1.54) is 15.6 Å². The van der Waals surface area contributed by atoms with Gasteiger partial charge in [-0.25, -0.2) is 8.42 Å². The van der Waals surface area contributed by atoms with Gasteiger partial charge in [0.1, 0.15) is 5.51 Å². The molecule has 0 unspecified atom stereocenters. The van der Waals surface area contributed by atoms with Crippen LogP contribution in [0.2, 0.25) is 0 Å². The third-order valence-electron chi connectivity index (χ3n) is 3.51. The molecule has 0 aliphatic carbocycles. The SMILES string of the molecule is CCN(CC)S(=O)(=O)c1ccc(CCC(=O)Nc2nncs2)cc1. The van der Waals surface area contributed by atoms with Crippen LogP contribution >= 0.6 is 11.3 Å². The second-order valence-corrected chi connectivity index (χ2v) is 7.80. The lowest BCUT2D eigenvalue weighted by molar-refractivity contribution is -0.116. The fourth-order valence-electron chi connectivity index (χ4n) is 2.21. The molecule has 0 spiro atoms. The van der Waals surface area contributed by atoms with E-state index in [4.69, 9.17) is 0 Å². The Bertz CT molecular complexity index is 755. The van der Waals surface area contributed by atoms with Gasteiger partial charge in [-0.15, -0.1) is 10.2 Å². The van der Waals surface area contributed by atoms with Crippen LogP contribution in [0.5, 0.6) is 0 Å². The maximum Gasteiger partial charge on any atom is 0.243 e. The maximum absolute atomic E-state index is 12.4. The molecule has 0 atom stereocenters. The molecule has 2 rings (SSSR count). The number of sulfonamides is 1. The van der Waals surface area contributed by atoms with E-state index in [1.807, 2.05) is 13.8 Å². The first-order valence-electron chi connectivity index (χ1n) is 7.62. The Morgan fingerprint density at radius 3 is 2.42 bits per heavy atom. The third-order valence-corrected chi connectivity index (χ3v) is 6.18. The summed E-state index contributed by atoms with van der Waals surface area (Å²) in [5, 5.41) is 10.5. The van der Waals surface area contributed by atoms with Gasteiger partial charge in [0.15, 0.2) is 0 Å². The van der Waals surface area contributed by atoms with Crippen molar-refractivity contribution in [2.75, 3.05) is 18.4 Å². The maximum atomic E-state index is 12.4.